The minimum Gasteiger partial charge on any atom is -0.322 e. The summed E-state index contributed by atoms with van der Waals surface area (Å²) in [5.41, 5.74) is 0. The average molecular weight is 266 g/mol. The second-order valence-corrected chi connectivity index (χ2v) is 5.15. The molecule has 0 spiro atoms. The molecule has 1 aromatic rings. The van der Waals surface area contributed by atoms with Crippen LogP contribution in [0.3, 0.4) is 0 Å². The van der Waals surface area contributed by atoms with Crippen LogP contribution in [-0.4, -0.2) is 62.8 Å². The van der Waals surface area contributed by atoms with E-state index >= 15 is 0 Å². The molecule has 1 aromatic heterocycles. The largest absolute Gasteiger partial charge is 0.324 e. The molecule has 0 radical (unpaired) electrons. The lowest BCUT2D eigenvalue weighted by Crippen LogP contribution is -2.51. The molecule has 0 aliphatic carbocycles. The van der Waals surface area contributed by atoms with E-state index in [1.165, 1.54) is 0 Å². The Kier molecular flexibility index (Phi) is 4.04. The molecule has 2 amide bonds. The van der Waals surface area contributed by atoms with Crippen molar-refractivity contribution in [3.8, 4) is 0 Å². The van der Waals surface area contributed by atoms with Gasteiger partial charge in [0.15, 0.2) is 0 Å². The molecule has 2 rings (SSSR count). The SMILES string of the molecule is Cc1nc(NC(=O)N2CCN(C(C)C)CC2)nn1C. The Bertz CT molecular complexity index is 428. The summed E-state index contributed by atoms with van der Waals surface area (Å²) in [5, 5.41) is 6.87. The van der Waals surface area contributed by atoms with Gasteiger partial charge >= 0.3 is 6.03 Å². The summed E-state index contributed by atoms with van der Waals surface area (Å²) in [7, 11) is 1.80. The van der Waals surface area contributed by atoms with E-state index < -0.39 is 0 Å². The van der Waals surface area contributed by atoms with E-state index in [1.807, 2.05) is 11.8 Å². The van der Waals surface area contributed by atoms with Crippen LogP contribution in [-0.2, 0) is 7.05 Å². The minimum absolute atomic E-state index is 0.117. The van der Waals surface area contributed by atoms with Crippen LogP contribution in [0.25, 0.3) is 0 Å². The fourth-order valence-electron chi connectivity index (χ4n) is 2.13. The summed E-state index contributed by atoms with van der Waals surface area (Å²) in [6.45, 7) is 9.53. The highest BCUT2D eigenvalue weighted by atomic mass is 16.2. The van der Waals surface area contributed by atoms with E-state index in [1.54, 1.807) is 11.7 Å². The summed E-state index contributed by atoms with van der Waals surface area (Å²) in [4.78, 5) is 20.4. The summed E-state index contributed by atoms with van der Waals surface area (Å²) in [6, 6.07) is 0.416. The highest BCUT2D eigenvalue weighted by Crippen LogP contribution is 2.08. The van der Waals surface area contributed by atoms with Crippen LogP contribution >= 0.6 is 0 Å². The van der Waals surface area contributed by atoms with Crippen molar-refractivity contribution in [3.05, 3.63) is 5.82 Å². The van der Waals surface area contributed by atoms with Crippen molar-refractivity contribution in [1.29, 1.82) is 0 Å². The van der Waals surface area contributed by atoms with Crippen molar-refractivity contribution in [3.63, 3.8) is 0 Å². The second kappa shape index (κ2) is 5.56. The van der Waals surface area contributed by atoms with Crippen LogP contribution in [0.5, 0.6) is 0 Å². The van der Waals surface area contributed by atoms with Gasteiger partial charge in [-0.3, -0.25) is 14.9 Å². The topological polar surface area (TPSA) is 66.3 Å². The van der Waals surface area contributed by atoms with Crippen LogP contribution in [0.1, 0.15) is 19.7 Å². The van der Waals surface area contributed by atoms with Gasteiger partial charge in [0.2, 0.25) is 5.95 Å². The Morgan fingerprint density at radius 1 is 1.26 bits per heavy atom. The molecular formula is C12H22N6O. The molecule has 7 heteroatoms. The zero-order chi connectivity index (χ0) is 14.0. The Labute approximate surface area is 113 Å². The maximum Gasteiger partial charge on any atom is 0.324 e. The van der Waals surface area contributed by atoms with E-state index in [9.17, 15) is 4.79 Å². The normalized spacial score (nSPS) is 17.0. The number of rotatable bonds is 2. The molecule has 1 N–H and O–H groups in total. The van der Waals surface area contributed by atoms with Crippen molar-refractivity contribution >= 4 is 12.0 Å². The van der Waals surface area contributed by atoms with Crippen LogP contribution in [0.15, 0.2) is 0 Å². The number of piperazine rings is 1. The number of anilines is 1. The standard InChI is InChI=1S/C12H22N6O/c1-9(2)17-5-7-18(8-6-17)12(19)14-11-13-10(3)16(4)15-11/h9H,5-8H2,1-4H3,(H,14,15,19). The zero-order valence-corrected chi connectivity index (χ0v) is 12.1. The van der Waals surface area contributed by atoms with Crippen molar-refractivity contribution in [2.24, 2.45) is 7.05 Å². The lowest BCUT2D eigenvalue weighted by atomic mass is 10.2. The van der Waals surface area contributed by atoms with E-state index in [-0.39, 0.29) is 6.03 Å². The van der Waals surface area contributed by atoms with Gasteiger partial charge in [-0.2, -0.15) is 4.98 Å². The zero-order valence-electron chi connectivity index (χ0n) is 12.1. The van der Waals surface area contributed by atoms with Crippen LogP contribution in [0.4, 0.5) is 10.7 Å². The molecule has 106 valence electrons. The van der Waals surface area contributed by atoms with Crippen LogP contribution in [0.2, 0.25) is 0 Å². The monoisotopic (exact) mass is 266 g/mol. The van der Waals surface area contributed by atoms with E-state index in [0.29, 0.717) is 12.0 Å². The Balaban J connectivity index is 1.88. The maximum atomic E-state index is 12.1. The lowest BCUT2D eigenvalue weighted by Gasteiger charge is -2.36. The van der Waals surface area contributed by atoms with Gasteiger partial charge in [0.1, 0.15) is 5.82 Å². The fourth-order valence-corrected chi connectivity index (χ4v) is 2.13. The van der Waals surface area contributed by atoms with E-state index in [4.69, 9.17) is 0 Å². The van der Waals surface area contributed by atoms with Gasteiger partial charge in [-0.1, -0.05) is 0 Å². The number of carbonyl (C=O) groups is 1. The molecule has 2 heterocycles. The van der Waals surface area contributed by atoms with Crippen molar-refractivity contribution in [2.45, 2.75) is 26.8 Å². The molecule has 1 saturated heterocycles. The van der Waals surface area contributed by atoms with Crippen LogP contribution in [0, 0.1) is 6.92 Å². The van der Waals surface area contributed by atoms with Gasteiger partial charge in [0, 0.05) is 39.3 Å². The van der Waals surface area contributed by atoms with Crippen molar-refractivity contribution < 1.29 is 4.79 Å². The Hall–Kier alpha value is -1.63. The quantitative estimate of drug-likeness (QED) is 0.855. The van der Waals surface area contributed by atoms with Crippen molar-refractivity contribution in [1.82, 2.24) is 24.6 Å². The van der Waals surface area contributed by atoms with Gasteiger partial charge in [0.05, 0.1) is 0 Å². The Morgan fingerprint density at radius 2 is 1.89 bits per heavy atom. The van der Waals surface area contributed by atoms with E-state index in [0.717, 1.165) is 32.0 Å². The molecular weight excluding hydrogens is 244 g/mol. The number of nitrogens with zero attached hydrogens (tertiary/aromatic N) is 5. The highest BCUT2D eigenvalue weighted by molar-refractivity contribution is 5.87. The van der Waals surface area contributed by atoms with Gasteiger partial charge in [-0.15, -0.1) is 5.10 Å². The first kappa shape index (κ1) is 13.8. The molecule has 0 atom stereocenters. The molecule has 19 heavy (non-hydrogen) atoms. The summed E-state index contributed by atoms with van der Waals surface area (Å²) >= 11 is 0. The summed E-state index contributed by atoms with van der Waals surface area (Å²) in [5.74, 6) is 1.15. The summed E-state index contributed by atoms with van der Waals surface area (Å²) in [6.07, 6.45) is 0. The van der Waals surface area contributed by atoms with Crippen LogP contribution < -0.4 is 5.32 Å². The summed E-state index contributed by atoms with van der Waals surface area (Å²) < 4.78 is 1.65. The fraction of sp³-hybridized carbons (Fsp3) is 0.750. The third-order valence-electron chi connectivity index (χ3n) is 3.53. The third-order valence-corrected chi connectivity index (χ3v) is 3.53. The first-order chi connectivity index (χ1) is 8.97. The van der Waals surface area contributed by atoms with Gasteiger partial charge in [-0.25, -0.2) is 4.79 Å². The molecule has 0 aromatic carbocycles. The second-order valence-electron chi connectivity index (χ2n) is 5.15. The van der Waals surface area contributed by atoms with E-state index in [2.05, 4.69) is 34.1 Å². The lowest BCUT2D eigenvalue weighted by molar-refractivity contribution is 0.125. The smallest absolute Gasteiger partial charge is 0.322 e. The van der Waals surface area contributed by atoms with Gasteiger partial charge in [-0.05, 0) is 20.8 Å². The van der Waals surface area contributed by atoms with Crippen molar-refractivity contribution in [2.75, 3.05) is 31.5 Å². The number of aromatic nitrogens is 3. The molecule has 0 bridgehead atoms. The number of nitrogens with one attached hydrogen (secondary N) is 1. The first-order valence-corrected chi connectivity index (χ1v) is 6.65. The number of hydrogen-bond acceptors (Lipinski definition) is 4. The Morgan fingerprint density at radius 3 is 2.37 bits per heavy atom. The number of hydrogen-bond donors (Lipinski definition) is 1. The predicted molar refractivity (Wildman–Crippen MR) is 73.0 cm³/mol. The average Bonchev–Trinajstić information content (AvgIpc) is 2.68. The predicted octanol–water partition coefficient (Wildman–Crippen LogP) is 0.681. The molecule has 0 saturated carbocycles. The maximum absolute atomic E-state index is 12.1. The number of amides is 2. The van der Waals surface area contributed by atoms with Gasteiger partial charge < -0.3 is 4.90 Å². The molecule has 7 nitrogen and oxygen atoms in total. The van der Waals surface area contributed by atoms with Gasteiger partial charge in [0.25, 0.3) is 0 Å². The molecule has 0 unspecified atom stereocenters. The minimum atomic E-state index is -0.117. The highest BCUT2D eigenvalue weighted by Gasteiger charge is 2.23. The third kappa shape index (κ3) is 3.23. The first-order valence-electron chi connectivity index (χ1n) is 6.65. The molecule has 1 aliphatic rings. The number of carbonyl (C=O) groups excluding carboxylic acids is 1. The number of urea groups is 1. The molecule has 1 aliphatic heterocycles. The number of aryl methyl sites for hydroxylation is 2. The molecule has 1 fully saturated rings.